The fourth-order valence-electron chi connectivity index (χ4n) is 5.36. The molecule has 1 fully saturated rings. The largest absolute Gasteiger partial charge is 0.352 e. The number of nitrogens with zero attached hydrogens (tertiary/aromatic N) is 3. The summed E-state index contributed by atoms with van der Waals surface area (Å²) < 4.78 is 16.3. The summed E-state index contributed by atoms with van der Waals surface area (Å²) in [6.45, 7) is 6.76. The Hall–Kier alpha value is -4.04. The SMILES string of the molecule is Cc1c([C@H]2[C@@H](c3ccccn3)NC(=S)N2CCC(=O)Nc2ccccc2F)c(C)n(-c2ccccc2)c1C. The Balaban J connectivity index is 1.50. The molecule has 1 aliphatic heterocycles. The molecule has 2 aromatic carbocycles. The maximum absolute atomic E-state index is 14.1. The van der Waals surface area contributed by atoms with Crippen LogP contribution in [0, 0.1) is 26.6 Å². The molecule has 5 rings (SSSR count). The minimum atomic E-state index is -0.462. The van der Waals surface area contributed by atoms with Crippen LogP contribution < -0.4 is 10.6 Å². The summed E-state index contributed by atoms with van der Waals surface area (Å²) in [7, 11) is 0. The van der Waals surface area contributed by atoms with E-state index in [0.29, 0.717) is 11.7 Å². The Bertz CT molecular complexity index is 1470. The average molecular weight is 528 g/mol. The van der Waals surface area contributed by atoms with Crippen LogP contribution in [0.5, 0.6) is 0 Å². The highest BCUT2D eigenvalue weighted by Crippen LogP contribution is 2.43. The lowest BCUT2D eigenvalue weighted by atomic mass is 9.93. The van der Waals surface area contributed by atoms with E-state index < -0.39 is 5.82 Å². The number of para-hydroxylation sites is 2. The summed E-state index contributed by atoms with van der Waals surface area (Å²) in [5, 5.41) is 6.71. The molecule has 0 unspecified atom stereocenters. The highest BCUT2D eigenvalue weighted by atomic mass is 32.1. The summed E-state index contributed by atoms with van der Waals surface area (Å²) in [6.07, 6.45) is 1.93. The number of nitrogens with one attached hydrogen (secondary N) is 2. The second-order valence-electron chi connectivity index (χ2n) is 9.48. The van der Waals surface area contributed by atoms with Crippen molar-refractivity contribution in [3.63, 3.8) is 0 Å². The van der Waals surface area contributed by atoms with Crippen molar-refractivity contribution in [1.29, 1.82) is 0 Å². The number of aromatic nitrogens is 2. The third kappa shape index (κ3) is 4.79. The van der Waals surface area contributed by atoms with Crippen LogP contribution in [0.4, 0.5) is 10.1 Å². The number of halogens is 1. The van der Waals surface area contributed by atoms with Gasteiger partial charge in [-0.15, -0.1) is 0 Å². The molecule has 3 heterocycles. The molecule has 2 aromatic heterocycles. The van der Waals surface area contributed by atoms with Crippen LogP contribution in [0.25, 0.3) is 5.69 Å². The van der Waals surface area contributed by atoms with E-state index in [1.807, 2.05) is 36.4 Å². The molecule has 0 saturated carbocycles. The lowest BCUT2D eigenvalue weighted by molar-refractivity contribution is -0.116. The third-order valence-corrected chi connectivity index (χ3v) is 7.60. The first-order chi connectivity index (χ1) is 18.4. The van der Waals surface area contributed by atoms with Gasteiger partial charge in [0.25, 0.3) is 0 Å². The second kappa shape index (κ2) is 10.8. The van der Waals surface area contributed by atoms with Crippen molar-refractivity contribution >= 4 is 28.9 Å². The number of carbonyl (C=O) groups excluding carboxylic acids is 1. The van der Waals surface area contributed by atoms with Crippen LogP contribution in [0.15, 0.2) is 79.0 Å². The van der Waals surface area contributed by atoms with Gasteiger partial charge in [0.05, 0.1) is 23.5 Å². The first-order valence-corrected chi connectivity index (χ1v) is 13.0. The summed E-state index contributed by atoms with van der Waals surface area (Å²) in [5.41, 5.74) is 6.74. The fourth-order valence-corrected chi connectivity index (χ4v) is 5.70. The lowest BCUT2D eigenvalue weighted by Gasteiger charge is -2.29. The zero-order valence-electron chi connectivity index (χ0n) is 21.6. The number of hydrogen-bond donors (Lipinski definition) is 2. The number of anilines is 1. The van der Waals surface area contributed by atoms with Crippen LogP contribution >= 0.6 is 12.2 Å². The monoisotopic (exact) mass is 527 g/mol. The summed E-state index contributed by atoms with van der Waals surface area (Å²) in [6, 6.07) is 21.9. The van der Waals surface area contributed by atoms with Gasteiger partial charge in [0.15, 0.2) is 5.11 Å². The molecule has 2 atom stereocenters. The van der Waals surface area contributed by atoms with E-state index in [1.165, 1.54) is 11.6 Å². The molecule has 38 heavy (non-hydrogen) atoms. The summed E-state index contributed by atoms with van der Waals surface area (Å²) >= 11 is 5.81. The van der Waals surface area contributed by atoms with Crippen molar-refractivity contribution in [2.24, 2.45) is 0 Å². The van der Waals surface area contributed by atoms with E-state index in [0.717, 1.165) is 28.3 Å². The smallest absolute Gasteiger partial charge is 0.226 e. The van der Waals surface area contributed by atoms with Gasteiger partial charge in [-0.2, -0.15) is 0 Å². The van der Waals surface area contributed by atoms with Crippen LogP contribution in [-0.4, -0.2) is 32.0 Å². The highest BCUT2D eigenvalue weighted by Gasteiger charge is 2.42. The van der Waals surface area contributed by atoms with Crippen molar-refractivity contribution in [2.75, 3.05) is 11.9 Å². The number of thiocarbonyl (C=S) groups is 1. The van der Waals surface area contributed by atoms with Gasteiger partial charge in [0, 0.05) is 41.8 Å². The zero-order chi connectivity index (χ0) is 26.8. The molecule has 194 valence electrons. The molecule has 1 aliphatic rings. The van der Waals surface area contributed by atoms with Crippen LogP contribution in [0.1, 0.15) is 46.7 Å². The number of amides is 1. The Morgan fingerprint density at radius 2 is 1.71 bits per heavy atom. The molecule has 0 aliphatic carbocycles. The normalized spacial score (nSPS) is 16.9. The maximum atomic E-state index is 14.1. The average Bonchev–Trinajstić information content (AvgIpc) is 3.36. The van der Waals surface area contributed by atoms with Gasteiger partial charge < -0.3 is 20.1 Å². The lowest BCUT2D eigenvalue weighted by Crippen LogP contribution is -2.33. The van der Waals surface area contributed by atoms with E-state index in [9.17, 15) is 9.18 Å². The molecule has 2 N–H and O–H groups in total. The van der Waals surface area contributed by atoms with Crippen LogP contribution in [0.2, 0.25) is 0 Å². The van der Waals surface area contributed by atoms with Crippen molar-refractivity contribution in [1.82, 2.24) is 19.8 Å². The van der Waals surface area contributed by atoms with Crippen molar-refractivity contribution in [2.45, 2.75) is 39.3 Å². The highest BCUT2D eigenvalue weighted by molar-refractivity contribution is 7.80. The van der Waals surface area contributed by atoms with E-state index in [2.05, 4.69) is 58.0 Å². The molecule has 0 bridgehead atoms. The predicted molar refractivity (Wildman–Crippen MR) is 152 cm³/mol. The van der Waals surface area contributed by atoms with Crippen LogP contribution in [-0.2, 0) is 4.79 Å². The first-order valence-electron chi connectivity index (χ1n) is 12.6. The van der Waals surface area contributed by atoms with Crippen molar-refractivity contribution in [3.8, 4) is 5.69 Å². The standard InChI is InChI=1S/C30H30FN5OS/c1-19-20(2)36(22-11-5-4-6-12-22)21(3)27(19)29-28(25-15-9-10-17-32-25)34-30(38)35(29)18-16-26(37)33-24-14-8-7-13-23(24)31/h4-15,17,28-29H,16,18H2,1-3H3,(H,33,37)(H,34,38)/t28-,29+/m1/s1. The fraction of sp³-hybridized carbons (Fsp3) is 0.233. The first kappa shape index (κ1) is 25.6. The minimum absolute atomic E-state index is 0.151. The van der Waals surface area contributed by atoms with E-state index in [-0.39, 0.29) is 30.1 Å². The number of pyridine rings is 1. The minimum Gasteiger partial charge on any atom is -0.352 e. The van der Waals surface area contributed by atoms with Gasteiger partial charge in [-0.25, -0.2) is 4.39 Å². The number of benzene rings is 2. The third-order valence-electron chi connectivity index (χ3n) is 7.24. The van der Waals surface area contributed by atoms with E-state index in [1.54, 1.807) is 24.4 Å². The zero-order valence-corrected chi connectivity index (χ0v) is 22.4. The molecule has 0 radical (unpaired) electrons. The molecule has 0 spiro atoms. The number of carbonyl (C=O) groups is 1. The van der Waals surface area contributed by atoms with Gasteiger partial charge >= 0.3 is 0 Å². The quantitative estimate of drug-likeness (QED) is 0.292. The molecule has 1 amide bonds. The second-order valence-corrected chi connectivity index (χ2v) is 9.87. The van der Waals surface area contributed by atoms with Gasteiger partial charge in [-0.1, -0.05) is 36.4 Å². The van der Waals surface area contributed by atoms with E-state index >= 15 is 0 Å². The molecule has 8 heteroatoms. The summed E-state index contributed by atoms with van der Waals surface area (Å²) in [4.78, 5) is 19.5. The van der Waals surface area contributed by atoms with Crippen LogP contribution in [0.3, 0.4) is 0 Å². The Morgan fingerprint density at radius 1 is 1.00 bits per heavy atom. The van der Waals surface area contributed by atoms with Crippen molar-refractivity contribution < 1.29 is 9.18 Å². The van der Waals surface area contributed by atoms with Gasteiger partial charge in [-0.05, 0) is 75.0 Å². The molecule has 1 saturated heterocycles. The Kier molecular flexibility index (Phi) is 7.24. The molecular formula is C30H30FN5OS. The predicted octanol–water partition coefficient (Wildman–Crippen LogP) is 5.94. The molecule has 4 aromatic rings. The van der Waals surface area contributed by atoms with Crippen molar-refractivity contribution in [3.05, 3.63) is 113 Å². The van der Waals surface area contributed by atoms with Gasteiger partial charge in [0.2, 0.25) is 5.91 Å². The topological polar surface area (TPSA) is 62.2 Å². The number of rotatable bonds is 7. The molecule has 6 nitrogen and oxygen atoms in total. The Labute approximate surface area is 227 Å². The van der Waals surface area contributed by atoms with Gasteiger partial charge in [0.1, 0.15) is 5.82 Å². The van der Waals surface area contributed by atoms with E-state index in [4.69, 9.17) is 12.2 Å². The Morgan fingerprint density at radius 3 is 2.42 bits per heavy atom. The molecular weight excluding hydrogens is 497 g/mol. The summed E-state index contributed by atoms with van der Waals surface area (Å²) in [5.74, 6) is -0.735. The van der Waals surface area contributed by atoms with Gasteiger partial charge in [-0.3, -0.25) is 9.78 Å². The number of hydrogen-bond acceptors (Lipinski definition) is 3. The maximum Gasteiger partial charge on any atom is 0.226 e.